The van der Waals surface area contributed by atoms with Crippen LogP contribution < -0.4 is 5.32 Å². The standard InChI is InChI=1S/C16H20BrClN2O2/c1-9-10(7-8-19-15(21)22-16(2,3)4)13-12(18)6-5-11(17)14(13)20-9/h5-6,20H,7-8H2,1-4H3,(H,19,21). The Kier molecular flexibility index (Phi) is 5.07. The molecular weight excluding hydrogens is 368 g/mol. The highest BCUT2D eigenvalue weighted by atomic mass is 79.9. The van der Waals surface area contributed by atoms with E-state index in [2.05, 4.69) is 26.2 Å². The van der Waals surface area contributed by atoms with Crippen molar-refractivity contribution >= 4 is 44.5 Å². The van der Waals surface area contributed by atoms with Gasteiger partial charge in [0.15, 0.2) is 0 Å². The van der Waals surface area contributed by atoms with Gasteiger partial charge in [0, 0.05) is 22.1 Å². The number of benzene rings is 1. The van der Waals surface area contributed by atoms with Crippen LogP contribution in [0.2, 0.25) is 5.02 Å². The molecule has 0 aliphatic heterocycles. The fraction of sp³-hybridized carbons (Fsp3) is 0.438. The maximum atomic E-state index is 11.7. The molecule has 1 amide bonds. The summed E-state index contributed by atoms with van der Waals surface area (Å²) in [7, 11) is 0. The van der Waals surface area contributed by atoms with Crippen LogP contribution in [0.3, 0.4) is 0 Å². The zero-order chi connectivity index (χ0) is 16.5. The molecule has 2 rings (SSSR count). The van der Waals surface area contributed by atoms with Crippen LogP contribution in [0, 0.1) is 6.92 Å². The molecule has 22 heavy (non-hydrogen) atoms. The highest BCUT2D eigenvalue weighted by Gasteiger charge is 2.17. The number of carbonyl (C=O) groups is 1. The van der Waals surface area contributed by atoms with Crippen molar-refractivity contribution in [3.63, 3.8) is 0 Å². The zero-order valence-corrected chi connectivity index (χ0v) is 15.5. The van der Waals surface area contributed by atoms with Crippen molar-refractivity contribution in [3.05, 3.63) is 32.9 Å². The molecule has 0 aliphatic rings. The molecule has 0 spiro atoms. The molecule has 6 heteroatoms. The maximum Gasteiger partial charge on any atom is 0.407 e. The number of hydrogen-bond donors (Lipinski definition) is 2. The van der Waals surface area contributed by atoms with Gasteiger partial charge in [0.25, 0.3) is 0 Å². The number of aromatic amines is 1. The van der Waals surface area contributed by atoms with E-state index in [1.807, 2.05) is 39.8 Å². The third-order valence-corrected chi connectivity index (χ3v) is 4.19. The molecule has 120 valence electrons. The van der Waals surface area contributed by atoms with Crippen LogP contribution in [0.25, 0.3) is 10.9 Å². The number of nitrogens with one attached hydrogen (secondary N) is 2. The molecule has 2 N–H and O–H groups in total. The summed E-state index contributed by atoms with van der Waals surface area (Å²) < 4.78 is 6.20. The summed E-state index contributed by atoms with van der Waals surface area (Å²) in [5.74, 6) is 0. The molecule has 0 saturated carbocycles. The van der Waals surface area contributed by atoms with Gasteiger partial charge in [0.05, 0.1) is 10.5 Å². The smallest absolute Gasteiger partial charge is 0.407 e. The van der Waals surface area contributed by atoms with Gasteiger partial charge in [-0.15, -0.1) is 0 Å². The molecule has 1 aromatic carbocycles. The van der Waals surface area contributed by atoms with Crippen LogP contribution in [0.4, 0.5) is 4.79 Å². The van der Waals surface area contributed by atoms with Crippen LogP contribution in [-0.4, -0.2) is 23.2 Å². The predicted octanol–water partition coefficient (Wildman–Crippen LogP) is 4.96. The van der Waals surface area contributed by atoms with E-state index in [4.69, 9.17) is 16.3 Å². The van der Waals surface area contributed by atoms with Crippen molar-refractivity contribution in [3.8, 4) is 0 Å². The predicted molar refractivity (Wildman–Crippen MR) is 93.7 cm³/mol. The number of fused-ring (bicyclic) bond motifs is 1. The lowest BCUT2D eigenvalue weighted by molar-refractivity contribution is 0.0528. The number of aromatic nitrogens is 1. The van der Waals surface area contributed by atoms with E-state index < -0.39 is 11.7 Å². The number of aryl methyl sites for hydroxylation is 1. The van der Waals surface area contributed by atoms with Gasteiger partial charge < -0.3 is 15.0 Å². The van der Waals surface area contributed by atoms with Gasteiger partial charge in [-0.1, -0.05) is 11.6 Å². The van der Waals surface area contributed by atoms with Gasteiger partial charge in [-0.05, 0) is 67.7 Å². The molecule has 0 aliphatic carbocycles. The number of rotatable bonds is 3. The molecule has 0 fully saturated rings. The lowest BCUT2D eigenvalue weighted by Crippen LogP contribution is -2.33. The Morgan fingerprint density at radius 1 is 1.41 bits per heavy atom. The molecule has 1 aromatic heterocycles. The fourth-order valence-corrected chi connectivity index (χ4v) is 3.04. The third kappa shape index (κ3) is 3.96. The van der Waals surface area contributed by atoms with E-state index in [1.54, 1.807) is 0 Å². The lowest BCUT2D eigenvalue weighted by atomic mass is 10.1. The van der Waals surface area contributed by atoms with Gasteiger partial charge in [0.1, 0.15) is 5.60 Å². The average molecular weight is 388 g/mol. The van der Waals surface area contributed by atoms with E-state index in [-0.39, 0.29) is 0 Å². The van der Waals surface area contributed by atoms with Crippen molar-refractivity contribution < 1.29 is 9.53 Å². The van der Waals surface area contributed by atoms with Gasteiger partial charge in [0.2, 0.25) is 0 Å². The second-order valence-electron chi connectivity index (χ2n) is 6.19. The van der Waals surface area contributed by atoms with E-state index in [1.165, 1.54) is 0 Å². The Hall–Kier alpha value is -1.20. The molecule has 2 aromatic rings. The fourth-order valence-electron chi connectivity index (χ4n) is 2.34. The molecule has 4 nitrogen and oxygen atoms in total. The third-order valence-electron chi connectivity index (χ3n) is 3.21. The number of hydrogen-bond acceptors (Lipinski definition) is 2. The van der Waals surface area contributed by atoms with Crippen molar-refractivity contribution in [1.82, 2.24) is 10.3 Å². The minimum atomic E-state index is -0.491. The maximum absolute atomic E-state index is 11.7. The average Bonchev–Trinajstić information content (AvgIpc) is 2.71. The molecule has 0 atom stereocenters. The summed E-state index contributed by atoms with van der Waals surface area (Å²) >= 11 is 9.85. The first-order valence-electron chi connectivity index (χ1n) is 7.11. The van der Waals surface area contributed by atoms with E-state index in [0.29, 0.717) is 18.0 Å². The lowest BCUT2D eigenvalue weighted by Gasteiger charge is -2.19. The number of ether oxygens (including phenoxy) is 1. The number of halogens is 2. The second-order valence-corrected chi connectivity index (χ2v) is 7.45. The largest absolute Gasteiger partial charge is 0.444 e. The topological polar surface area (TPSA) is 54.1 Å². The first-order valence-corrected chi connectivity index (χ1v) is 8.28. The van der Waals surface area contributed by atoms with Crippen molar-refractivity contribution in [1.29, 1.82) is 0 Å². The first kappa shape index (κ1) is 17.2. The summed E-state index contributed by atoms with van der Waals surface area (Å²) in [6.07, 6.45) is 0.276. The number of carbonyl (C=O) groups excluding carboxylic acids is 1. The number of H-pyrrole nitrogens is 1. The molecule has 0 radical (unpaired) electrons. The summed E-state index contributed by atoms with van der Waals surface area (Å²) in [6, 6.07) is 3.79. The van der Waals surface area contributed by atoms with Crippen LogP contribution in [0.5, 0.6) is 0 Å². The minimum Gasteiger partial charge on any atom is -0.444 e. The Balaban J connectivity index is 2.11. The first-order chi connectivity index (χ1) is 10.2. The Morgan fingerprint density at radius 2 is 2.09 bits per heavy atom. The van der Waals surface area contributed by atoms with Gasteiger partial charge in [-0.3, -0.25) is 0 Å². The van der Waals surface area contributed by atoms with Gasteiger partial charge in [-0.2, -0.15) is 0 Å². The van der Waals surface area contributed by atoms with Crippen molar-refractivity contribution in [2.45, 2.75) is 39.7 Å². The second kappa shape index (κ2) is 6.50. The quantitative estimate of drug-likeness (QED) is 0.782. The molecular formula is C16H20BrClN2O2. The molecule has 1 heterocycles. The molecule has 0 unspecified atom stereocenters. The van der Waals surface area contributed by atoms with E-state index >= 15 is 0 Å². The van der Waals surface area contributed by atoms with Crippen LogP contribution in [-0.2, 0) is 11.2 Å². The van der Waals surface area contributed by atoms with Gasteiger partial charge in [-0.25, -0.2) is 4.79 Å². The minimum absolute atomic E-state index is 0.405. The highest BCUT2D eigenvalue weighted by molar-refractivity contribution is 9.10. The summed E-state index contributed by atoms with van der Waals surface area (Å²) in [5.41, 5.74) is 2.65. The summed E-state index contributed by atoms with van der Waals surface area (Å²) in [5, 5.41) is 4.48. The van der Waals surface area contributed by atoms with E-state index in [0.717, 1.165) is 26.6 Å². The summed E-state index contributed by atoms with van der Waals surface area (Å²) in [4.78, 5) is 15.0. The van der Waals surface area contributed by atoms with Crippen LogP contribution in [0.15, 0.2) is 16.6 Å². The normalized spacial score (nSPS) is 11.7. The van der Waals surface area contributed by atoms with Crippen LogP contribution >= 0.6 is 27.5 Å². The van der Waals surface area contributed by atoms with Crippen molar-refractivity contribution in [2.75, 3.05) is 6.54 Å². The van der Waals surface area contributed by atoms with Gasteiger partial charge >= 0.3 is 6.09 Å². The Morgan fingerprint density at radius 3 is 2.73 bits per heavy atom. The Labute approximate surface area is 143 Å². The number of alkyl carbamates (subject to hydrolysis) is 1. The van der Waals surface area contributed by atoms with Crippen LogP contribution in [0.1, 0.15) is 32.0 Å². The zero-order valence-electron chi connectivity index (χ0n) is 13.1. The highest BCUT2D eigenvalue weighted by Crippen LogP contribution is 2.34. The SMILES string of the molecule is Cc1[nH]c2c(Br)ccc(Cl)c2c1CCNC(=O)OC(C)(C)C. The Bertz CT molecular complexity index is 704. The van der Waals surface area contributed by atoms with Crippen molar-refractivity contribution in [2.24, 2.45) is 0 Å². The number of amides is 1. The van der Waals surface area contributed by atoms with E-state index in [9.17, 15) is 4.79 Å². The monoisotopic (exact) mass is 386 g/mol. The summed E-state index contributed by atoms with van der Waals surface area (Å²) in [6.45, 7) is 8.02. The molecule has 0 bridgehead atoms. The molecule has 0 saturated heterocycles.